The lowest BCUT2D eigenvalue weighted by atomic mass is 9.90. The monoisotopic (exact) mass is 520 g/mol. The summed E-state index contributed by atoms with van der Waals surface area (Å²) >= 11 is 0. The molecule has 3 N–H and O–H groups in total. The Balaban J connectivity index is 1.52. The Morgan fingerprint density at radius 3 is 2.62 bits per heavy atom. The smallest absolute Gasteiger partial charge is 0.416 e. The van der Waals surface area contributed by atoms with E-state index in [2.05, 4.69) is 27.9 Å². The van der Waals surface area contributed by atoms with Gasteiger partial charge in [0.25, 0.3) is 0 Å². The molecule has 3 heterocycles. The van der Waals surface area contributed by atoms with Gasteiger partial charge in [0.15, 0.2) is 0 Å². The van der Waals surface area contributed by atoms with Gasteiger partial charge < -0.3 is 20.1 Å². The SMILES string of the molecule is CC(C)C(=O)NCc1ccc(C(F)(F)F)c(C2NC(=O)CC(c3ccc(OCC4(C)COC4)nc3)N2)c1. The van der Waals surface area contributed by atoms with E-state index in [-0.39, 0.29) is 35.8 Å². The fourth-order valence-electron chi connectivity index (χ4n) is 4.17. The van der Waals surface area contributed by atoms with Gasteiger partial charge in [-0.05, 0) is 23.3 Å². The Hall–Kier alpha value is -3.18. The molecule has 2 amide bonds. The van der Waals surface area contributed by atoms with Crippen LogP contribution in [0.5, 0.6) is 5.88 Å². The summed E-state index contributed by atoms with van der Waals surface area (Å²) in [6, 6.07) is 6.55. The van der Waals surface area contributed by atoms with E-state index in [4.69, 9.17) is 9.47 Å². The molecule has 2 unspecified atom stereocenters. The summed E-state index contributed by atoms with van der Waals surface area (Å²) in [5.41, 5.74) is 0.118. The van der Waals surface area contributed by atoms with Crippen LogP contribution >= 0.6 is 0 Å². The van der Waals surface area contributed by atoms with Gasteiger partial charge >= 0.3 is 6.18 Å². The van der Waals surface area contributed by atoms with Gasteiger partial charge in [-0.3, -0.25) is 14.9 Å². The third-order valence-electron chi connectivity index (χ3n) is 6.42. The van der Waals surface area contributed by atoms with E-state index < -0.39 is 29.9 Å². The maximum Gasteiger partial charge on any atom is 0.416 e. The summed E-state index contributed by atoms with van der Waals surface area (Å²) in [6.07, 6.45) is -4.11. The minimum Gasteiger partial charge on any atom is -0.477 e. The van der Waals surface area contributed by atoms with Crippen LogP contribution in [-0.4, -0.2) is 36.6 Å². The molecule has 0 spiro atoms. The van der Waals surface area contributed by atoms with E-state index in [1.54, 1.807) is 32.2 Å². The van der Waals surface area contributed by atoms with E-state index in [0.29, 0.717) is 36.8 Å². The minimum atomic E-state index is -4.63. The van der Waals surface area contributed by atoms with Crippen LogP contribution in [0.25, 0.3) is 0 Å². The topological polar surface area (TPSA) is 102 Å². The number of aromatic nitrogens is 1. The summed E-state index contributed by atoms with van der Waals surface area (Å²) in [7, 11) is 0. The molecular formula is C26H31F3N4O4. The highest BCUT2D eigenvalue weighted by Gasteiger charge is 2.38. The number of ether oxygens (including phenoxy) is 2. The van der Waals surface area contributed by atoms with Crippen molar-refractivity contribution in [2.75, 3.05) is 19.8 Å². The molecule has 2 aromatic rings. The number of carbonyl (C=O) groups is 2. The molecular weight excluding hydrogens is 489 g/mol. The highest BCUT2D eigenvalue weighted by molar-refractivity contribution is 5.78. The molecule has 11 heteroatoms. The summed E-state index contributed by atoms with van der Waals surface area (Å²) in [5.74, 6) is -0.432. The number of alkyl halides is 3. The van der Waals surface area contributed by atoms with Gasteiger partial charge in [-0.1, -0.05) is 32.9 Å². The van der Waals surface area contributed by atoms with Crippen molar-refractivity contribution < 1.29 is 32.2 Å². The molecule has 37 heavy (non-hydrogen) atoms. The maximum atomic E-state index is 13.9. The average molecular weight is 521 g/mol. The standard InChI is InChI=1S/C26H31F3N4O4/c1-15(2)24(35)31-10-16-4-6-19(26(27,28)29)18(8-16)23-32-20(9-21(34)33-23)17-5-7-22(30-11-17)37-14-25(3)12-36-13-25/h4-8,11,15,20,23,32H,9-10,12-14H2,1-3H3,(H,31,35)(H,33,34). The minimum absolute atomic E-state index is 0.0410. The van der Waals surface area contributed by atoms with Crippen molar-refractivity contribution in [3.05, 3.63) is 58.8 Å². The number of hydrogen-bond acceptors (Lipinski definition) is 6. The van der Waals surface area contributed by atoms with Crippen molar-refractivity contribution in [3.63, 3.8) is 0 Å². The van der Waals surface area contributed by atoms with Gasteiger partial charge in [-0.2, -0.15) is 13.2 Å². The highest BCUT2D eigenvalue weighted by Crippen LogP contribution is 2.37. The van der Waals surface area contributed by atoms with Gasteiger partial charge in [0.05, 0.1) is 25.4 Å². The first-order valence-electron chi connectivity index (χ1n) is 12.1. The van der Waals surface area contributed by atoms with Crippen molar-refractivity contribution in [1.29, 1.82) is 0 Å². The number of carbonyl (C=O) groups excluding carboxylic acids is 2. The molecule has 2 aliphatic heterocycles. The number of nitrogens with zero attached hydrogens (tertiary/aromatic N) is 1. The second-order valence-corrected chi connectivity index (χ2v) is 10.2. The van der Waals surface area contributed by atoms with Gasteiger partial charge in [-0.25, -0.2) is 4.98 Å². The molecule has 0 bridgehead atoms. The molecule has 8 nitrogen and oxygen atoms in total. The number of halogens is 3. The summed E-state index contributed by atoms with van der Waals surface area (Å²) in [6.45, 7) is 7.29. The predicted molar refractivity (Wildman–Crippen MR) is 128 cm³/mol. The van der Waals surface area contributed by atoms with Crippen molar-refractivity contribution in [2.45, 2.75) is 52.1 Å². The molecule has 2 fully saturated rings. The van der Waals surface area contributed by atoms with Crippen LogP contribution in [-0.2, 0) is 27.0 Å². The zero-order valence-corrected chi connectivity index (χ0v) is 20.9. The molecule has 1 aromatic heterocycles. The molecule has 1 aromatic carbocycles. The third kappa shape index (κ3) is 6.58. The van der Waals surface area contributed by atoms with Crippen molar-refractivity contribution >= 4 is 11.8 Å². The second kappa shape index (κ2) is 10.7. The first-order valence-corrected chi connectivity index (χ1v) is 12.1. The summed E-state index contributed by atoms with van der Waals surface area (Å²) in [5, 5.41) is 8.45. The Kier molecular flexibility index (Phi) is 7.75. The van der Waals surface area contributed by atoms with E-state index >= 15 is 0 Å². The van der Waals surface area contributed by atoms with Gasteiger partial charge in [-0.15, -0.1) is 0 Å². The van der Waals surface area contributed by atoms with E-state index in [0.717, 1.165) is 6.07 Å². The van der Waals surface area contributed by atoms with E-state index in [9.17, 15) is 22.8 Å². The van der Waals surface area contributed by atoms with E-state index in [1.165, 1.54) is 12.1 Å². The zero-order chi connectivity index (χ0) is 26.8. The first kappa shape index (κ1) is 26.9. The Morgan fingerprint density at radius 2 is 2.03 bits per heavy atom. The van der Waals surface area contributed by atoms with Crippen molar-refractivity contribution in [3.8, 4) is 5.88 Å². The van der Waals surface area contributed by atoms with Crippen LogP contribution in [0.2, 0.25) is 0 Å². The summed E-state index contributed by atoms with van der Waals surface area (Å²) in [4.78, 5) is 28.8. The Labute approximate surface area is 213 Å². The normalized spacial score (nSPS) is 21.2. The molecule has 4 rings (SSSR count). The molecule has 0 saturated carbocycles. The fraction of sp³-hybridized carbons (Fsp3) is 0.500. The second-order valence-electron chi connectivity index (χ2n) is 10.2. The first-order chi connectivity index (χ1) is 17.4. The summed E-state index contributed by atoms with van der Waals surface area (Å²) < 4.78 is 52.5. The molecule has 2 saturated heterocycles. The molecule has 0 aliphatic carbocycles. The Morgan fingerprint density at radius 1 is 1.27 bits per heavy atom. The number of pyridine rings is 1. The number of nitrogens with one attached hydrogen (secondary N) is 3. The van der Waals surface area contributed by atoms with Crippen LogP contribution in [0, 0.1) is 11.3 Å². The zero-order valence-electron chi connectivity index (χ0n) is 20.9. The lowest BCUT2D eigenvalue weighted by Crippen LogP contribution is -2.47. The largest absolute Gasteiger partial charge is 0.477 e. The van der Waals surface area contributed by atoms with Crippen LogP contribution in [0.3, 0.4) is 0 Å². The van der Waals surface area contributed by atoms with Gasteiger partial charge in [0, 0.05) is 48.2 Å². The number of rotatable bonds is 8. The lowest BCUT2D eigenvalue weighted by molar-refractivity contribution is -0.139. The number of benzene rings is 1. The third-order valence-corrected chi connectivity index (χ3v) is 6.42. The van der Waals surface area contributed by atoms with Crippen LogP contribution < -0.4 is 20.7 Å². The van der Waals surface area contributed by atoms with Crippen LogP contribution in [0.1, 0.15) is 61.7 Å². The van der Waals surface area contributed by atoms with Crippen LogP contribution in [0.4, 0.5) is 13.2 Å². The average Bonchev–Trinajstić information content (AvgIpc) is 2.84. The highest BCUT2D eigenvalue weighted by atomic mass is 19.4. The quantitative estimate of drug-likeness (QED) is 0.492. The maximum absolute atomic E-state index is 13.9. The Bertz CT molecular complexity index is 1130. The number of hydrogen-bond donors (Lipinski definition) is 3. The lowest BCUT2D eigenvalue weighted by Gasteiger charge is -2.37. The van der Waals surface area contributed by atoms with Crippen molar-refractivity contribution in [1.82, 2.24) is 20.9 Å². The van der Waals surface area contributed by atoms with E-state index in [1.807, 2.05) is 0 Å². The predicted octanol–water partition coefficient (Wildman–Crippen LogP) is 3.64. The van der Waals surface area contributed by atoms with Gasteiger partial charge in [0.1, 0.15) is 6.17 Å². The molecule has 0 radical (unpaired) electrons. The number of amides is 2. The molecule has 2 aliphatic rings. The van der Waals surface area contributed by atoms with Crippen LogP contribution in [0.15, 0.2) is 36.5 Å². The van der Waals surface area contributed by atoms with Crippen molar-refractivity contribution in [2.24, 2.45) is 11.3 Å². The fourth-order valence-corrected chi connectivity index (χ4v) is 4.17. The van der Waals surface area contributed by atoms with Gasteiger partial charge in [0.2, 0.25) is 17.7 Å². The molecule has 200 valence electrons. The molecule has 2 atom stereocenters.